The van der Waals surface area contributed by atoms with Crippen LogP contribution >= 0.6 is 0 Å². The van der Waals surface area contributed by atoms with Crippen molar-refractivity contribution in [1.82, 2.24) is 0 Å². The quantitative estimate of drug-likeness (QED) is 0.222. The maximum absolute atomic E-state index is 10.4. The molecule has 4 nitrogen and oxygen atoms in total. The molecule has 0 aliphatic carbocycles. The van der Waals surface area contributed by atoms with Crippen molar-refractivity contribution in [3.8, 4) is 0 Å². The summed E-state index contributed by atoms with van der Waals surface area (Å²) in [6.07, 6.45) is 17.5. The van der Waals surface area contributed by atoms with Gasteiger partial charge in [0.25, 0.3) is 0 Å². The van der Waals surface area contributed by atoms with Gasteiger partial charge in [-0.15, -0.1) is 0 Å². The van der Waals surface area contributed by atoms with Crippen LogP contribution in [0.2, 0.25) is 0 Å². The molecule has 0 spiro atoms. The molecule has 1 atom stereocenters. The van der Waals surface area contributed by atoms with E-state index in [1.807, 2.05) is 0 Å². The maximum atomic E-state index is 10.4. The van der Waals surface area contributed by atoms with Gasteiger partial charge in [0.05, 0.1) is 16.2 Å². The first kappa shape index (κ1) is 28.1. The molecule has 1 N–H and O–H groups in total. The Morgan fingerprint density at radius 3 is 1.48 bits per heavy atom. The van der Waals surface area contributed by atoms with Crippen LogP contribution in [0.1, 0.15) is 110 Å². The molecular weight excluding hydrogens is 347 g/mol. The fourth-order valence-corrected chi connectivity index (χ4v) is 3.58. The molecule has 0 aromatic heterocycles. The van der Waals surface area contributed by atoms with E-state index in [-0.39, 0.29) is 41.4 Å². The molecule has 0 heterocycles. The third-order valence-electron chi connectivity index (χ3n) is 4.57. The molecule has 0 saturated carbocycles. The second-order valence-corrected chi connectivity index (χ2v) is 8.61. The van der Waals surface area contributed by atoms with Crippen molar-refractivity contribution in [1.29, 1.82) is 0 Å². The van der Waals surface area contributed by atoms with Gasteiger partial charge in [-0.2, -0.15) is 0 Å². The Morgan fingerprint density at radius 2 is 1.08 bits per heavy atom. The Labute approximate surface area is 178 Å². The van der Waals surface area contributed by atoms with Crippen molar-refractivity contribution in [2.45, 2.75) is 116 Å². The molecule has 0 aliphatic heterocycles. The van der Waals surface area contributed by atoms with Crippen LogP contribution in [0.15, 0.2) is 0 Å². The average Bonchev–Trinajstić information content (AvgIpc) is 2.51. The zero-order chi connectivity index (χ0) is 18.1. The van der Waals surface area contributed by atoms with E-state index >= 15 is 0 Å². The van der Waals surface area contributed by atoms with E-state index in [9.17, 15) is 18.1 Å². The summed E-state index contributed by atoms with van der Waals surface area (Å²) in [7, 11) is -4.02. The summed E-state index contributed by atoms with van der Waals surface area (Å²) < 4.78 is 31.3. The fourth-order valence-electron chi connectivity index (χ4n) is 3.02. The summed E-state index contributed by atoms with van der Waals surface area (Å²) in [6.45, 7) is 2.23. The van der Waals surface area contributed by atoms with Crippen molar-refractivity contribution in [3.63, 3.8) is 0 Å². The molecule has 6 heteroatoms. The van der Waals surface area contributed by atoms with E-state index < -0.39 is 10.1 Å². The van der Waals surface area contributed by atoms with Crippen molar-refractivity contribution < 1.29 is 47.6 Å². The number of rotatable bonds is 18. The molecule has 0 bridgehead atoms. The van der Waals surface area contributed by atoms with Gasteiger partial charge in [-0.25, -0.2) is 8.42 Å². The first-order chi connectivity index (χ1) is 11.5. The predicted molar refractivity (Wildman–Crippen MR) is 100 cm³/mol. The van der Waals surface area contributed by atoms with Crippen LogP contribution < -0.4 is 29.6 Å². The molecule has 0 radical (unpaired) electrons. The molecule has 0 aliphatic rings. The third kappa shape index (κ3) is 24.9. The smallest absolute Gasteiger partial charge is 0.748 e. The number of hydrogen-bond donors (Lipinski definition) is 1. The van der Waals surface area contributed by atoms with Crippen LogP contribution in [0, 0.1) is 0 Å². The van der Waals surface area contributed by atoms with Crippen LogP contribution in [0.4, 0.5) is 0 Å². The summed E-state index contributed by atoms with van der Waals surface area (Å²) >= 11 is 0. The third-order valence-corrected chi connectivity index (χ3v) is 5.36. The summed E-state index contributed by atoms with van der Waals surface area (Å²) in [5, 5.41) is 9.94. The number of unbranched alkanes of at least 4 members (excludes halogenated alkanes) is 12. The number of aliphatic hydroxyl groups is 1. The Bertz CT molecular complexity index is 360. The van der Waals surface area contributed by atoms with E-state index in [2.05, 4.69) is 6.92 Å². The van der Waals surface area contributed by atoms with Crippen LogP contribution in [0.5, 0.6) is 0 Å². The van der Waals surface area contributed by atoms with Gasteiger partial charge >= 0.3 is 29.6 Å². The summed E-state index contributed by atoms with van der Waals surface area (Å²) in [6, 6.07) is 0. The average molecular weight is 387 g/mol. The molecule has 0 aromatic rings. The summed E-state index contributed by atoms with van der Waals surface area (Å²) in [5.74, 6) is -0.219. The second-order valence-electron chi connectivity index (χ2n) is 7.09. The van der Waals surface area contributed by atoms with Gasteiger partial charge in [0.1, 0.15) is 0 Å². The van der Waals surface area contributed by atoms with Gasteiger partial charge in [-0.3, -0.25) is 0 Å². The van der Waals surface area contributed by atoms with Gasteiger partial charge in [0.15, 0.2) is 0 Å². The standard InChI is InChI=1S/C19H40O4S.Na/c1-2-3-4-5-10-13-16-19(20)17-14-11-8-6-7-9-12-15-18-24(21,22)23;/h19-20H,2-18H2,1H3,(H,21,22,23);/q;+1/p-1. The predicted octanol–water partition coefficient (Wildman–Crippen LogP) is 2.16. The molecule has 1 unspecified atom stereocenters. The van der Waals surface area contributed by atoms with Crippen LogP contribution in [-0.4, -0.2) is 29.9 Å². The van der Waals surface area contributed by atoms with E-state index in [0.29, 0.717) is 6.42 Å². The van der Waals surface area contributed by atoms with Crippen molar-refractivity contribution >= 4 is 10.1 Å². The van der Waals surface area contributed by atoms with Crippen LogP contribution in [-0.2, 0) is 10.1 Å². The van der Waals surface area contributed by atoms with Crippen molar-refractivity contribution in [3.05, 3.63) is 0 Å². The van der Waals surface area contributed by atoms with E-state index in [1.165, 1.54) is 44.9 Å². The maximum Gasteiger partial charge on any atom is 1.00 e. The Morgan fingerprint density at radius 1 is 0.720 bits per heavy atom. The van der Waals surface area contributed by atoms with Crippen LogP contribution in [0.25, 0.3) is 0 Å². The minimum atomic E-state index is -4.02. The van der Waals surface area contributed by atoms with Crippen molar-refractivity contribution in [2.24, 2.45) is 0 Å². The van der Waals surface area contributed by atoms with Gasteiger partial charge in [-0.1, -0.05) is 90.4 Å². The first-order valence-corrected chi connectivity index (χ1v) is 11.6. The van der Waals surface area contributed by atoms with E-state index in [4.69, 9.17) is 0 Å². The Balaban J connectivity index is 0. The Kier molecular flexibility index (Phi) is 22.0. The fraction of sp³-hybridized carbons (Fsp3) is 1.00. The van der Waals surface area contributed by atoms with E-state index in [1.54, 1.807) is 0 Å². The minimum absolute atomic E-state index is 0. The van der Waals surface area contributed by atoms with Crippen molar-refractivity contribution in [2.75, 3.05) is 5.75 Å². The minimum Gasteiger partial charge on any atom is -0.748 e. The molecule has 0 saturated heterocycles. The molecule has 0 aromatic carbocycles. The summed E-state index contributed by atoms with van der Waals surface area (Å²) in [4.78, 5) is 0. The zero-order valence-electron chi connectivity index (χ0n) is 16.7. The van der Waals surface area contributed by atoms with E-state index in [0.717, 1.165) is 51.4 Å². The SMILES string of the molecule is CCCCCCCCC(O)CCCCCCCCCCS(=O)(=O)[O-].[Na+]. The largest absolute Gasteiger partial charge is 1.00 e. The number of hydrogen-bond acceptors (Lipinski definition) is 4. The zero-order valence-corrected chi connectivity index (χ0v) is 19.5. The first-order valence-electron chi connectivity index (χ1n) is 10.1. The molecule has 146 valence electrons. The monoisotopic (exact) mass is 386 g/mol. The van der Waals surface area contributed by atoms with Gasteiger partial charge in [0, 0.05) is 5.75 Å². The Hall–Kier alpha value is 0.870. The molecule has 0 amide bonds. The van der Waals surface area contributed by atoms with Crippen LogP contribution in [0.3, 0.4) is 0 Å². The van der Waals surface area contributed by atoms with Gasteiger partial charge < -0.3 is 9.66 Å². The second kappa shape index (κ2) is 19.6. The molecular formula is C19H39NaO4S. The summed E-state index contributed by atoms with van der Waals surface area (Å²) in [5.41, 5.74) is 0. The van der Waals surface area contributed by atoms with Gasteiger partial charge in [0.2, 0.25) is 0 Å². The number of aliphatic hydroxyl groups excluding tert-OH is 1. The molecule has 25 heavy (non-hydrogen) atoms. The topological polar surface area (TPSA) is 77.4 Å². The molecule has 0 rings (SSSR count). The normalized spacial score (nSPS) is 12.8. The van der Waals surface area contributed by atoms with Gasteiger partial charge in [-0.05, 0) is 19.3 Å². The molecule has 0 fully saturated rings.